The molecule has 0 bridgehead atoms. The van der Waals surface area contributed by atoms with Crippen LogP contribution in [0.5, 0.6) is 0 Å². The lowest BCUT2D eigenvalue weighted by Gasteiger charge is -2.36. The molecule has 2 rings (SSSR count). The van der Waals surface area contributed by atoms with Crippen LogP contribution in [0.25, 0.3) is 0 Å². The summed E-state index contributed by atoms with van der Waals surface area (Å²) in [6.45, 7) is 16.1. The maximum atomic E-state index is 11.5. The van der Waals surface area contributed by atoms with Crippen LogP contribution in [0.3, 0.4) is 0 Å². The molecule has 2 fully saturated rings. The Bertz CT molecular complexity index is 602. The standard InChI is InChI=1S/C14H26O4.C13H24O3/c1-9(2)12-6-5-10(3)7-13(12)18-14(16)17-8-11(4)15;1-8(2)11-6-5-9(3)7-12(11)16-13(15)10(4)14/h9-13,15H,5-8H2,1-4H3;8-12,14H,5-7H2,1-4H3. The van der Waals surface area contributed by atoms with E-state index >= 15 is 0 Å². The first-order valence-corrected chi connectivity index (χ1v) is 13.2. The van der Waals surface area contributed by atoms with Gasteiger partial charge in [0.15, 0.2) is 0 Å². The molecule has 7 heteroatoms. The monoisotopic (exact) mass is 486 g/mol. The molecule has 0 aliphatic heterocycles. The average Bonchev–Trinajstić information content (AvgIpc) is 2.72. The average molecular weight is 487 g/mol. The van der Waals surface area contributed by atoms with Gasteiger partial charge in [-0.1, -0.05) is 54.4 Å². The Morgan fingerprint density at radius 1 is 0.765 bits per heavy atom. The third-order valence-corrected chi connectivity index (χ3v) is 7.22. The van der Waals surface area contributed by atoms with Gasteiger partial charge in [-0.05, 0) is 75.0 Å². The van der Waals surface area contributed by atoms with Crippen molar-refractivity contribution in [2.45, 2.75) is 118 Å². The van der Waals surface area contributed by atoms with Crippen molar-refractivity contribution in [2.24, 2.45) is 35.5 Å². The van der Waals surface area contributed by atoms with Crippen molar-refractivity contribution in [3.8, 4) is 0 Å². The van der Waals surface area contributed by atoms with Crippen molar-refractivity contribution in [3.05, 3.63) is 0 Å². The zero-order valence-corrected chi connectivity index (χ0v) is 22.7. The Labute approximate surface area is 206 Å². The van der Waals surface area contributed by atoms with Crippen molar-refractivity contribution in [1.82, 2.24) is 0 Å². The van der Waals surface area contributed by atoms with Crippen LogP contribution >= 0.6 is 0 Å². The minimum absolute atomic E-state index is 0.00650. The molecule has 2 aliphatic carbocycles. The van der Waals surface area contributed by atoms with E-state index < -0.39 is 24.3 Å². The number of ether oxygens (including phenoxy) is 3. The van der Waals surface area contributed by atoms with Crippen molar-refractivity contribution in [2.75, 3.05) is 6.61 Å². The molecular formula is C27H50O7. The van der Waals surface area contributed by atoms with E-state index in [-0.39, 0.29) is 18.8 Å². The molecule has 0 aromatic heterocycles. The van der Waals surface area contributed by atoms with Gasteiger partial charge >= 0.3 is 12.1 Å². The predicted octanol–water partition coefficient (Wildman–Crippen LogP) is 5.35. The second-order valence-corrected chi connectivity index (χ2v) is 11.4. The lowest BCUT2D eigenvalue weighted by molar-refractivity contribution is -0.164. The van der Waals surface area contributed by atoms with Crippen LogP contribution in [0.1, 0.15) is 93.9 Å². The van der Waals surface area contributed by atoms with Crippen LogP contribution in [0.4, 0.5) is 4.79 Å². The van der Waals surface area contributed by atoms with Gasteiger partial charge in [0.2, 0.25) is 0 Å². The SMILES string of the molecule is CC(O)COC(=O)OC1CC(C)CCC1C(C)C.CC1CCC(C(C)C)C(OC(=O)C(C)O)C1. The van der Waals surface area contributed by atoms with Gasteiger partial charge in [0, 0.05) is 0 Å². The molecule has 0 saturated heterocycles. The minimum atomic E-state index is -1.01. The van der Waals surface area contributed by atoms with Gasteiger partial charge in [0.05, 0.1) is 6.10 Å². The van der Waals surface area contributed by atoms with Gasteiger partial charge in [0.25, 0.3) is 0 Å². The molecule has 0 radical (unpaired) electrons. The van der Waals surface area contributed by atoms with Gasteiger partial charge in [0.1, 0.15) is 24.9 Å². The summed E-state index contributed by atoms with van der Waals surface area (Å²) in [6, 6.07) is 0. The summed E-state index contributed by atoms with van der Waals surface area (Å²) in [5.74, 6) is 2.62. The van der Waals surface area contributed by atoms with Crippen molar-refractivity contribution in [3.63, 3.8) is 0 Å². The molecule has 0 heterocycles. The summed E-state index contributed by atoms with van der Waals surface area (Å²) in [6.07, 6.45) is 4.12. The molecule has 2 aliphatic rings. The Morgan fingerprint density at radius 3 is 1.59 bits per heavy atom. The summed E-state index contributed by atoms with van der Waals surface area (Å²) in [7, 11) is 0. The summed E-state index contributed by atoms with van der Waals surface area (Å²) in [5.41, 5.74) is 0. The van der Waals surface area contributed by atoms with Crippen LogP contribution < -0.4 is 0 Å². The van der Waals surface area contributed by atoms with Gasteiger partial charge in [-0.25, -0.2) is 9.59 Å². The second-order valence-electron chi connectivity index (χ2n) is 11.4. The Kier molecular flexibility index (Phi) is 13.5. The van der Waals surface area contributed by atoms with Crippen molar-refractivity contribution in [1.29, 1.82) is 0 Å². The summed E-state index contributed by atoms with van der Waals surface area (Å²) in [5, 5.41) is 18.2. The third kappa shape index (κ3) is 10.9. The lowest BCUT2D eigenvalue weighted by atomic mass is 9.75. The third-order valence-electron chi connectivity index (χ3n) is 7.22. The highest BCUT2D eigenvalue weighted by Gasteiger charge is 2.35. The van der Waals surface area contributed by atoms with Gasteiger partial charge in [-0.3, -0.25) is 0 Å². The Morgan fingerprint density at radius 2 is 1.21 bits per heavy atom. The first-order valence-electron chi connectivity index (χ1n) is 13.2. The van der Waals surface area contributed by atoms with E-state index in [1.165, 1.54) is 19.8 Å². The van der Waals surface area contributed by atoms with Gasteiger partial charge < -0.3 is 24.4 Å². The quantitative estimate of drug-likeness (QED) is 0.467. The molecule has 8 atom stereocenters. The maximum Gasteiger partial charge on any atom is 0.508 e. The molecule has 8 unspecified atom stereocenters. The number of esters is 1. The molecule has 2 N–H and O–H groups in total. The highest BCUT2D eigenvalue weighted by atomic mass is 16.7. The van der Waals surface area contributed by atoms with E-state index in [9.17, 15) is 9.59 Å². The molecule has 7 nitrogen and oxygen atoms in total. The van der Waals surface area contributed by atoms with Crippen LogP contribution in [0.2, 0.25) is 0 Å². The minimum Gasteiger partial charge on any atom is -0.460 e. The molecule has 0 aromatic rings. The van der Waals surface area contributed by atoms with Crippen LogP contribution in [0.15, 0.2) is 0 Å². The van der Waals surface area contributed by atoms with E-state index in [4.69, 9.17) is 24.4 Å². The van der Waals surface area contributed by atoms with E-state index in [1.807, 2.05) is 0 Å². The fraction of sp³-hybridized carbons (Fsp3) is 0.926. The number of hydrogen-bond donors (Lipinski definition) is 2. The lowest BCUT2D eigenvalue weighted by Crippen LogP contribution is -2.37. The Hall–Kier alpha value is -1.34. The van der Waals surface area contributed by atoms with Gasteiger partial charge in [-0.2, -0.15) is 0 Å². The second kappa shape index (κ2) is 14.9. The summed E-state index contributed by atoms with van der Waals surface area (Å²) in [4.78, 5) is 22.9. The maximum absolute atomic E-state index is 11.5. The molecule has 0 aromatic carbocycles. The predicted molar refractivity (Wildman–Crippen MR) is 132 cm³/mol. The number of hydrogen-bond acceptors (Lipinski definition) is 7. The summed E-state index contributed by atoms with van der Waals surface area (Å²) < 4.78 is 15.7. The smallest absolute Gasteiger partial charge is 0.460 e. The van der Waals surface area contributed by atoms with Crippen LogP contribution in [-0.2, 0) is 19.0 Å². The van der Waals surface area contributed by atoms with Gasteiger partial charge in [-0.15, -0.1) is 0 Å². The molecule has 2 saturated carbocycles. The zero-order chi connectivity index (χ0) is 26.0. The molecule has 34 heavy (non-hydrogen) atoms. The number of rotatable bonds is 7. The van der Waals surface area contributed by atoms with Crippen molar-refractivity contribution < 1.29 is 34.0 Å². The number of carbonyl (C=O) groups is 2. The highest BCUT2D eigenvalue weighted by molar-refractivity contribution is 5.74. The largest absolute Gasteiger partial charge is 0.508 e. The molecule has 200 valence electrons. The van der Waals surface area contributed by atoms with E-state index in [2.05, 4.69) is 41.5 Å². The van der Waals surface area contributed by atoms with Crippen molar-refractivity contribution >= 4 is 12.1 Å². The number of aliphatic hydroxyl groups excluding tert-OH is 2. The normalized spacial score (nSPS) is 31.2. The molecular weight excluding hydrogens is 436 g/mol. The first kappa shape index (κ1) is 30.7. The zero-order valence-electron chi connectivity index (χ0n) is 22.7. The van der Waals surface area contributed by atoms with Crippen LogP contribution in [-0.4, -0.2) is 53.4 Å². The summed E-state index contributed by atoms with van der Waals surface area (Å²) >= 11 is 0. The first-order chi connectivity index (χ1) is 15.8. The van der Waals surface area contributed by atoms with Crippen LogP contribution in [0, 0.1) is 35.5 Å². The molecule has 0 amide bonds. The fourth-order valence-corrected chi connectivity index (χ4v) is 5.09. The van der Waals surface area contributed by atoms with E-state index in [1.54, 1.807) is 6.92 Å². The number of carbonyl (C=O) groups excluding carboxylic acids is 2. The van der Waals surface area contributed by atoms with E-state index in [0.717, 1.165) is 25.7 Å². The Balaban J connectivity index is 0.000000342. The highest BCUT2D eigenvalue weighted by Crippen LogP contribution is 2.36. The molecule has 0 spiro atoms. The number of aliphatic hydroxyl groups is 2. The van der Waals surface area contributed by atoms with E-state index in [0.29, 0.717) is 35.5 Å². The fourth-order valence-electron chi connectivity index (χ4n) is 5.09. The topological polar surface area (TPSA) is 102 Å².